The molecular formula is C21H20ClF2N5O9. The number of methoxy groups -OCH3 is 1. The highest BCUT2D eigenvalue weighted by Crippen LogP contribution is 2.27. The minimum Gasteiger partial charge on any atom is -0.479 e. The van der Waals surface area contributed by atoms with Crippen molar-refractivity contribution in [2.45, 2.75) is 30.5 Å². The molecule has 2 aromatic heterocycles. The number of nitrogens with zero attached hydrogens (tertiary/aromatic N) is 4. The van der Waals surface area contributed by atoms with Crippen LogP contribution >= 0.6 is 11.6 Å². The van der Waals surface area contributed by atoms with Crippen molar-refractivity contribution in [3.8, 4) is 0 Å². The zero-order valence-corrected chi connectivity index (χ0v) is 20.0. The monoisotopic (exact) mass is 559 g/mol. The lowest BCUT2D eigenvalue weighted by Crippen LogP contribution is -2.53. The summed E-state index contributed by atoms with van der Waals surface area (Å²) < 4.78 is 40.3. The standard InChI is InChI=1S/C21H20ClF2N5O9/c1-37-11(13(30)14(24)29-7-26-12-15(25)27-20(22)28-16(12)29)6-38-21(18(33)34,19(35)36)5-8-2-3-9(17(31)32)10(23)4-8/h2-4,7,11,13-14,30H,5-6H2,1H3,(H,31,32)(H,33,34)(H,35,36)(H2,25,27,28)/t11-,13-,14-/m1/s1. The number of aliphatic hydroxyl groups excluding tert-OH is 1. The Balaban J connectivity index is 1.86. The number of ether oxygens (including phenoxy) is 2. The van der Waals surface area contributed by atoms with E-state index in [1.54, 1.807) is 0 Å². The van der Waals surface area contributed by atoms with Crippen molar-refractivity contribution in [2.24, 2.45) is 0 Å². The Bertz CT molecular complexity index is 1370. The lowest BCUT2D eigenvalue weighted by molar-refractivity contribution is -0.192. The highest BCUT2D eigenvalue weighted by atomic mass is 35.5. The van der Waals surface area contributed by atoms with E-state index in [9.17, 15) is 34.1 Å². The quantitative estimate of drug-likeness (QED) is 0.154. The largest absolute Gasteiger partial charge is 0.479 e. The van der Waals surface area contributed by atoms with Crippen LogP contribution in [0.4, 0.5) is 14.6 Å². The van der Waals surface area contributed by atoms with Gasteiger partial charge in [0, 0.05) is 13.5 Å². The van der Waals surface area contributed by atoms with Gasteiger partial charge >= 0.3 is 17.9 Å². The lowest BCUT2D eigenvalue weighted by Gasteiger charge is -2.30. The number of fused-ring (bicyclic) bond motifs is 1. The summed E-state index contributed by atoms with van der Waals surface area (Å²) in [6, 6.07) is 2.49. The molecule has 2 heterocycles. The average Bonchev–Trinajstić information content (AvgIpc) is 3.26. The molecule has 0 bridgehead atoms. The SMILES string of the molecule is CO[C@H](COC(Cc1ccc(C(=O)O)c(F)c1)(C(=O)O)C(=O)O)[C@@H](O)[C@H](F)n1cnc2c(N)nc(Cl)nc21. The molecule has 17 heteroatoms. The van der Waals surface area contributed by atoms with Gasteiger partial charge in [-0.2, -0.15) is 9.97 Å². The van der Waals surface area contributed by atoms with E-state index in [0.29, 0.717) is 6.07 Å². The number of rotatable bonds is 12. The van der Waals surface area contributed by atoms with Gasteiger partial charge in [0.15, 0.2) is 11.5 Å². The maximum Gasteiger partial charge on any atom is 0.348 e. The van der Waals surface area contributed by atoms with Crippen molar-refractivity contribution in [2.75, 3.05) is 19.5 Å². The second kappa shape index (κ2) is 11.2. The number of aliphatic carboxylic acids is 2. The van der Waals surface area contributed by atoms with Gasteiger partial charge in [-0.3, -0.25) is 4.57 Å². The molecule has 1 aromatic carbocycles. The van der Waals surface area contributed by atoms with Gasteiger partial charge in [-0.25, -0.2) is 28.1 Å². The van der Waals surface area contributed by atoms with Crippen LogP contribution in [0.25, 0.3) is 11.2 Å². The normalized spacial score (nSPS) is 14.2. The number of carboxylic acid groups (broad SMARTS) is 3. The van der Waals surface area contributed by atoms with Gasteiger partial charge in [-0.05, 0) is 29.3 Å². The first-order chi connectivity index (χ1) is 17.8. The minimum atomic E-state index is -3.05. The summed E-state index contributed by atoms with van der Waals surface area (Å²) in [5, 5.41) is 38.6. The summed E-state index contributed by atoms with van der Waals surface area (Å²) in [4.78, 5) is 46.4. The van der Waals surface area contributed by atoms with Crippen LogP contribution in [0.2, 0.25) is 5.28 Å². The molecule has 0 aliphatic heterocycles. The Hall–Kier alpha value is -3.99. The molecule has 3 aromatic rings. The number of aromatic nitrogens is 4. The van der Waals surface area contributed by atoms with Crippen LogP contribution in [0.15, 0.2) is 24.5 Å². The van der Waals surface area contributed by atoms with Gasteiger partial charge in [0.1, 0.15) is 23.5 Å². The molecule has 0 amide bonds. The van der Waals surface area contributed by atoms with E-state index in [4.69, 9.17) is 31.9 Å². The number of aliphatic hydroxyl groups is 1. The highest BCUT2D eigenvalue weighted by molar-refractivity contribution is 6.28. The molecule has 38 heavy (non-hydrogen) atoms. The van der Waals surface area contributed by atoms with Gasteiger partial charge in [-0.15, -0.1) is 0 Å². The molecule has 0 spiro atoms. The number of halogens is 3. The molecule has 204 valence electrons. The van der Waals surface area contributed by atoms with E-state index in [1.165, 1.54) is 0 Å². The molecule has 0 saturated heterocycles. The Labute approximate surface area is 216 Å². The van der Waals surface area contributed by atoms with Gasteiger partial charge < -0.3 is 35.6 Å². The fourth-order valence-corrected chi connectivity index (χ4v) is 3.68. The zero-order valence-electron chi connectivity index (χ0n) is 19.3. The molecular weight excluding hydrogens is 540 g/mol. The molecule has 3 atom stereocenters. The number of hydrogen-bond acceptors (Lipinski definition) is 10. The molecule has 0 radical (unpaired) electrons. The van der Waals surface area contributed by atoms with E-state index in [2.05, 4.69) is 15.0 Å². The van der Waals surface area contributed by atoms with Crippen molar-refractivity contribution in [1.29, 1.82) is 0 Å². The van der Waals surface area contributed by atoms with E-state index in [1.807, 2.05) is 0 Å². The number of aromatic carboxylic acids is 1. The van der Waals surface area contributed by atoms with Crippen molar-refractivity contribution >= 4 is 46.5 Å². The predicted molar refractivity (Wildman–Crippen MR) is 123 cm³/mol. The van der Waals surface area contributed by atoms with Crippen LogP contribution in [0.5, 0.6) is 0 Å². The highest BCUT2D eigenvalue weighted by Gasteiger charge is 2.49. The molecule has 0 fully saturated rings. The third-order valence-electron chi connectivity index (χ3n) is 5.55. The predicted octanol–water partition coefficient (Wildman–Crippen LogP) is 0.910. The smallest absolute Gasteiger partial charge is 0.348 e. The van der Waals surface area contributed by atoms with E-state index in [-0.39, 0.29) is 27.8 Å². The number of alkyl halides is 1. The summed E-state index contributed by atoms with van der Waals surface area (Å²) in [5.74, 6) is -6.99. The van der Waals surface area contributed by atoms with Gasteiger partial charge in [0.05, 0.1) is 18.5 Å². The van der Waals surface area contributed by atoms with E-state index in [0.717, 1.165) is 30.1 Å². The fraction of sp³-hybridized carbons (Fsp3) is 0.333. The van der Waals surface area contributed by atoms with Crippen LogP contribution < -0.4 is 5.73 Å². The zero-order chi connectivity index (χ0) is 28.4. The molecule has 6 N–H and O–H groups in total. The van der Waals surface area contributed by atoms with Crippen LogP contribution in [0.1, 0.15) is 22.2 Å². The second-order valence-electron chi connectivity index (χ2n) is 7.88. The first kappa shape index (κ1) is 28.6. The number of nitrogens with two attached hydrogens (primary N) is 1. The molecule has 3 rings (SSSR count). The van der Waals surface area contributed by atoms with E-state index < -0.39 is 66.4 Å². The number of benzene rings is 1. The van der Waals surface area contributed by atoms with Crippen molar-refractivity contribution in [1.82, 2.24) is 19.5 Å². The Kier molecular flexibility index (Phi) is 8.41. The minimum absolute atomic E-state index is 0.0219. The Morgan fingerprint density at radius 3 is 2.42 bits per heavy atom. The molecule has 0 aliphatic rings. The van der Waals surface area contributed by atoms with E-state index >= 15 is 4.39 Å². The third-order valence-corrected chi connectivity index (χ3v) is 5.72. The van der Waals surface area contributed by atoms with Crippen molar-refractivity contribution < 1.29 is 53.1 Å². The average molecular weight is 560 g/mol. The topological polar surface area (TPSA) is 220 Å². The van der Waals surface area contributed by atoms with Crippen LogP contribution in [-0.4, -0.2) is 89.4 Å². The number of carboxylic acids is 3. The second-order valence-corrected chi connectivity index (χ2v) is 8.22. The number of nitrogen functional groups attached to an aromatic ring is 1. The number of carbonyl (C=O) groups is 3. The summed E-state index contributed by atoms with van der Waals surface area (Å²) >= 11 is 5.75. The van der Waals surface area contributed by atoms with Crippen molar-refractivity contribution in [3.63, 3.8) is 0 Å². The summed E-state index contributed by atoms with van der Waals surface area (Å²) in [5.41, 5.74) is 1.48. The van der Waals surface area contributed by atoms with Gasteiger partial charge in [0.2, 0.25) is 11.6 Å². The Morgan fingerprint density at radius 1 is 1.21 bits per heavy atom. The van der Waals surface area contributed by atoms with Crippen LogP contribution in [-0.2, 0) is 25.5 Å². The fourth-order valence-electron chi connectivity index (χ4n) is 3.51. The lowest BCUT2D eigenvalue weighted by atomic mass is 9.93. The first-order valence-corrected chi connectivity index (χ1v) is 10.8. The first-order valence-electron chi connectivity index (χ1n) is 10.4. The summed E-state index contributed by atoms with van der Waals surface area (Å²) in [6.45, 7) is -0.961. The van der Waals surface area contributed by atoms with Crippen molar-refractivity contribution in [3.05, 3.63) is 46.8 Å². The Morgan fingerprint density at radius 2 is 1.87 bits per heavy atom. The van der Waals surface area contributed by atoms with Crippen LogP contribution in [0.3, 0.4) is 0 Å². The molecule has 14 nitrogen and oxygen atoms in total. The van der Waals surface area contributed by atoms with Gasteiger partial charge in [0.25, 0.3) is 5.60 Å². The number of imidazole rings is 1. The maximum atomic E-state index is 15.3. The molecule has 0 unspecified atom stereocenters. The summed E-state index contributed by atoms with van der Waals surface area (Å²) in [7, 11) is 1.02. The maximum absolute atomic E-state index is 15.3. The van der Waals surface area contributed by atoms with Gasteiger partial charge in [-0.1, -0.05) is 6.07 Å². The van der Waals surface area contributed by atoms with Crippen LogP contribution in [0, 0.1) is 5.82 Å². The third kappa shape index (κ3) is 5.47. The molecule has 0 saturated carbocycles. The number of hydrogen-bond donors (Lipinski definition) is 5. The number of anilines is 1. The summed E-state index contributed by atoms with van der Waals surface area (Å²) in [6.07, 6.45) is -6.07. The molecule has 0 aliphatic carbocycles.